The number of rotatable bonds is 2. The Bertz CT molecular complexity index is 547. The lowest BCUT2D eigenvalue weighted by Crippen LogP contribution is -2.04. The molecule has 0 radical (unpaired) electrons. The maximum absolute atomic E-state index is 11.4. The molecule has 0 aliphatic rings. The second-order valence-electron chi connectivity index (χ2n) is 3.22. The fourth-order valence-electron chi connectivity index (χ4n) is 1.44. The summed E-state index contributed by atoms with van der Waals surface area (Å²) in [5.74, 6) is 0.664. The van der Waals surface area contributed by atoms with Gasteiger partial charge >= 0.3 is 5.97 Å². The predicted octanol–water partition coefficient (Wildman–Crippen LogP) is 0.833. The molecule has 2 heterocycles. The number of fused-ring (bicyclic) bond motifs is 1. The number of ether oxygens (including phenoxy) is 2. The number of esters is 1. The highest BCUT2D eigenvalue weighted by molar-refractivity contribution is 5.90. The van der Waals surface area contributed by atoms with Gasteiger partial charge in [-0.1, -0.05) is 0 Å². The zero-order chi connectivity index (χ0) is 11.7. The third-order valence-corrected chi connectivity index (χ3v) is 2.15. The van der Waals surface area contributed by atoms with Gasteiger partial charge in [-0.15, -0.1) is 0 Å². The molecule has 2 aromatic rings. The molecule has 0 aliphatic carbocycles. The van der Waals surface area contributed by atoms with E-state index in [-0.39, 0.29) is 0 Å². The number of methoxy groups -OCH3 is 2. The van der Waals surface area contributed by atoms with Gasteiger partial charge in [-0.25, -0.2) is 14.3 Å². The fourth-order valence-corrected chi connectivity index (χ4v) is 1.44. The molecule has 2 aromatic heterocycles. The first-order valence-corrected chi connectivity index (χ1v) is 4.65. The Morgan fingerprint density at radius 1 is 1.44 bits per heavy atom. The predicted molar refractivity (Wildman–Crippen MR) is 55.6 cm³/mol. The summed E-state index contributed by atoms with van der Waals surface area (Å²) in [6.07, 6.45) is 1.56. The van der Waals surface area contributed by atoms with Crippen LogP contribution < -0.4 is 4.74 Å². The second kappa shape index (κ2) is 3.80. The highest BCUT2D eigenvalue weighted by Gasteiger charge is 2.13. The maximum Gasteiger partial charge on any atom is 0.339 e. The Balaban J connectivity index is 2.67. The summed E-state index contributed by atoms with van der Waals surface area (Å²) < 4.78 is 11.3. The first-order chi connectivity index (χ1) is 7.65. The standard InChI is InChI=1S/C10H11N3O3/c1-6-11-9-8(15-2)4-7(10(14)16-3)5-13(9)12-6/h4-5H,1-3H3. The van der Waals surface area contributed by atoms with Gasteiger partial charge in [0.2, 0.25) is 0 Å². The summed E-state index contributed by atoms with van der Waals surface area (Å²) in [6, 6.07) is 1.58. The van der Waals surface area contributed by atoms with Gasteiger partial charge in [-0.05, 0) is 6.92 Å². The minimum atomic E-state index is -0.437. The summed E-state index contributed by atoms with van der Waals surface area (Å²) >= 11 is 0. The van der Waals surface area contributed by atoms with Crippen molar-refractivity contribution in [3.05, 3.63) is 23.7 Å². The summed E-state index contributed by atoms with van der Waals surface area (Å²) in [6.45, 7) is 1.77. The van der Waals surface area contributed by atoms with Crippen LogP contribution in [0.3, 0.4) is 0 Å². The van der Waals surface area contributed by atoms with Crippen LogP contribution >= 0.6 is 0 Å². The van der Waals surface area contributed by atoms with Crippen molar-refractivity contribution in [3.8, 4) is 5.75 Å². The Labute approximate surface area is 91.8 Å². The molecule has 2 rings (SSSR count). The molecule has 0 amide bonds. The summed E-state index contributed by atoms with van der Waals surface area (Å²) in [5, 5.41) is 4.12. The molecular formula is C10H11N3O3. The molecule has 0 spiro atoms. The van der Waals surface area contributed by atoms with E-state index in [4.69, 9.17) is 4.74 Å². The zero-order valence-corrected chi connectivity index (χ0v) is 9.22. The fraction of sp³-hybridized carbons (Fsp3) is 0.300. The topological polar surface area (TPSA) is 65.7 Å². The van der Waals surface area contributed by atoms with Crippen molar-refractivity contribution in [2.45, 2.75) is 6.92 Å². The smallest absolute Gasteiger partial charge is 0.339 e. The Morgan fingerprint density at radius 3 is 2.81 bits per heavy atom. The Kier molecular flexibility index (Phi) is 2.47. The van der Waals surface area contributed by atoms with Crippen LogP contribution in [0.2, 0.25) is 0 Å². The van der Waals surface area contributed by atoms with Gasteiger partial charge in [0, 0.05) is 12.3 Å². The van der Waals surface area contributed by atoms with Crippen molar-refractivity contribution in [1.82, 2.24) is 14.6 Å². The normalized spacial score (nSPS) is 10.4. The molecule has 16 heavy (non-hydrogen) atoms. The van der Waals surface area contributed by atoms with E-state index < -0.39 is 5.97 Å². The van der Waals surface area contributed by atoms with E-state index in [9.17, 15) is 4.79 Å². The van der Waals surface area contributed by atoms with Gasteiger partial charge < -0.3 is 9.47 Å². The van der Waals surface area contributed by atoms with Crippen LogP contribution in [0, 0.1) is 6.92 Å². The molecule has 0 aromatic carbocycles. The number of hydrogen-bond donors (Lipinski definition) is 0. The third kappa shape index (κ3) is 1.58. The summed E-state index contributed by atoms with van der Waals surface area (Å²) in [4.78, 5) is 15.6. The van der Waals surface area contributed by atoms with Crippen molar-refractivity contribution < 1.29 is 14.3 Å². The lowest BCUT2D eigenvalue weighted by atomic mass is 10.3. The van der Waals surface area contributed by atoms with Crippen LogP contribution in [-0.2, 0) is 4.74 Å². The van der Waals surface area contributed by atoms with Crippen molar-refractivity contribution in [2.75, 3.05) is 14.2 Å². The lowest BCUT2D eigenvalue weighted by molar-refractivity contribution is 0.0599. The Morgan fingerprint density at radius 2 is 2.19 bits per heavy atom. The average Bonchev–Trinajstić information content (AvgIpc) is 2.66. The van der Waals surface area contributed by atoms with E-state index in [1.165, 1.54) is 18.7 Å². The monoisotopic (exact) mass is 221 g/mol. The summed E-state index contributed by atoms with van der Waals surface area (Å²) in [7, 11) is 2.84. The highest BCUT2D eigenvalue weighted by atomic mass is 16.5. The average molecular weight is 221 g/mol. The van der Waals surface area contributed by atoms with E-state index in [2.05, 4.69) is 14.8 Å². The van der Waals surface area contributed by atoms with Gasteiger partial charge in [0.1, 0.15) is 5.82 Å². The lowest BCUT2D eigenvalue weighted by Gasteiger charge is -2.04. The molecule has 0 saturated heterocycles. The molecule has 6 heteroatoms. The molecular weight excluding hydrogens is 210 g/mol. The molecule has 0 unspecified atom stereocenters. The van der Waals surface area contributed by atoms with Crippen molar-refractivity contribution >= 4 is 11.6 Å². The van der Waals surface area contributed by atoms with Crippen LogP contribution in [0.15, 0.2) is 12.3 Å². The number of hydrogen-bond acceptors (Lipinski definition) is 5. The SMILES string of the molecule is COC(=O)c1cc(OC)c2nc(C)nn2c1. The molecule has 0 saturated carbocycles. The van der Waals surface area contributed by atoms with E-state index in [1.54, 1.807) is 19.2 Å². The van der Waals surface area contributed by atoms with Crippen LogP contribution in [-0.4, -0.2) is 34.8 Å². The third-order valence-electron chi connectivity index (χ3n) is 2.15. The summed E-state index contributed by atoms with van der Waals surface area (Å²) in [5.41, 5.74) is 0.949. The minimum Gasteiger partial charge on any atom is -0.493 e. The Hall–Kier alpha value is -2.11. The zero-order valence-electron chi connectivity index (χ0n) is 9.22. The first kappa shape index (κ1) is 10.4. The van der Waals surface area contributed by atoms with E-state index in [0.717, 1.165) is 0 Å². The quantitative estimate of drug-likeness (QED) is 0.703. The van der Waals surface area contributed by atoms with Crippen molar-refractivity contribution in [1.29, 1.82) is 0 Å². The number of nitrogens with zero attached hydrogens (tertiary/aromatic N) is 3. The van der Waals surface area contributed by atoms with Crippen LogP contribution in [0.1, 0.15) is 16.2 Å². The maximum atomic E-state index is 11.4. The molecule has 0 bridgehead atoms. The molecule has 84 valence electrons. The van der Waals surface area contributed by atoms with Crippen LogP contribution in [0.25, 0.3) is 5.65 Å². The second-order valence-corrected chi connectivity index (χ2v) is 3.22. The van der Waals surface area contributed by atoms with Gasteiger partial charge in [-0.3, -0.25) is 0 Å². The van der Waals surface area contributed by atoms with Gasteiger partial charge in [-0.2, -0.15) is 5.10 Å². The molecule has 6 nitrogen and oxygen atoms in total. The highest BCUT2D eigenvalue weighted by Crippen LogP contribution is 2.20. The van der Waals surface area contributed by atoms with Crippen molar-refractivity contribution in [2.24, 2.45) is 0 Å². The number of carbonyl (C=O) groups is 1. The van der Waals surface area contributed by atoms with Gasteiger partial charge in [0.05, 0.1) is 19.8 Å². The number of pyridine rings is 1. The number of carbonyl (C=O) groups excluding carboxylic acids is 1. The number of aromatic nitrogens is 3. The first-order valence-electron chi connectivity index (χ1n) is 4.65. The van der Waals surface area contributed by atoms with E-state index >= 15 is 0 Å². The van der Waals surface area contributed by atoms with Gasteiger partial charge in [0.25, 0.3) is 0 Å². The molecule has 0 N–H and O–H groups in total. The van der Waals surface area contributed by atoms with Crippen LogP contribution in [0.5, 0.6) is 5.75 Å². The molecule has 0 atom stereocenters. The van der Waals surface area contributed by atoms with E-state index in [1.807, 2.05) is 0 Å². The van der Waals surface area contributed by atoms with Crippen LogP contribution in [0.4, 0.5) is 0 Å². The van der Waals surface area contributed by atoms with Crippen molar-refractivity contribution in [3.63, 3.8) is 0 Å². The van der Waals surface area contributed by atoms with E-state index in [0.29, 0.717) is 22.8 Å². The number of aryl methyl sites for hydroxylation is 1. The molecule has 0 fully saturated rings. The largest absolute Gasteiger partial charge is 0.493 e. The van der Waals surface area contributed by atoms with Gasteiger partial charge in [0.15, 0.2) is 11.4 Å². The molecule has 0 aliphatic heterocycles. The minimum absolute atomic E-state index is 0.372.